The molecule has 27 heavy (non-hydrogen) atoms. The Kier molecular flexibility index (Phi) is 4.84. The number of carboxylic acids is 1. The third-order valence-corrected chi connectivity index (χ3v) is 5.17. The second kappa shape index (κ2) is 6.83. The van der Waals surface area contributed by atoms with E-state index < -0.39 is 11.9 Å². The monoisotopic (exact) mass is 369 g/mol. The van der Waals surface area contributed by atoms with Gasteiger partial charge in [-0.15, -0.1) is 0 Å². The number of hydrogen-bond acceptors (Lipinski definition) is 3. The zero-order chi connectivity index (χ0) is 19.9. The maximum atomic E-state index is 13.2. The van der Waals surface area contributed by atoms with Crippen molar-refractivity contribution in [3.63, 3.8) is 0 Å². The molecule has 2 atom stereocenters. The van der Waals surface area contributed by atoms with Crippen molar-refractivity contribution < 1.29 is 14.7 Å². The first-order chi connectivity index (χ1) is 12.6. The fraction of sp³-hybridized carbons (Fsp3) is 0.476. The number of hydrogen-bond donors (Lipinski definition) is 1. The Morgan fingerprint density at radius 1 is 1.15 bits per heavy atom. The standard InChI is InChI=1S/C21H27N3O3/c1-13-6-8-15(9-7-13)24-12-17(18(22-24)21(3,4)5)19(25)23-10-14(2)16(11-23)20(26)27/h6-9,12,14,16H,10-11H2,1-5H3,(H,26,27)/t14-,16-/m1/s1. The van der Waals surface area contributed by atoms with Crippen molar-refractivity contribution in [2.75, 3.05) is 13.1 Å². The first kappa shape index (κ1) is 19.1. The highest BCUT2D eigenvalue weighted by Gasteiger charge is 2.39. The van der Waals surface area contributed by atoms with Gasteiger partial charge in [0, 0.05) is 24.7 Å². The Morgan fingerprint density at radius 2 is 1.78 bits per heavy atom. The summed E-state index contributed by atoms with van der Waals surface area (Å²) >= 11 is 0. The number of amides is 1. The average Bonchev–Trinajstić information content (AvgIpc) is 3.19. The number of carboxylic acid groups (broad SMARTS) is 1. The van der Waals surface area contributed by atoms with Crippen molar-refractivity contribution in [1.82, 2.24) is 14.7 Å². The minimum Gasteiger partial charge on any atom is -0.481 e. The van der Waals surface area contributed by atoms with Gasteiger partial charge in [0.05, 0.1) is 22.9 Å². The number of aryl methyl sites for hydroxylation is 1. The van der Waals surface area contributed by atoms with Crippen LogP contribution >= 0.6 is 0 Å². The van der Waals surface area contributed by atoms with Gasteiger partial charge in [-0.05, 0) is 25.0 Å². The zero-order valence-corrected chi connectivity index (χ0v) is 16.6. The van der Waals surface area contributed by atoms with Crippen LogP contribution in [0.5, 0.6) is 0 Å². The number of aliphatic carboxylic acids is 1. The maximum absolute atomic E-state index is 13.2. The molecule has 1 saturated heterocycles. The molecule has 0 spiro atoms. The normalized spacial score (nSPS) is 20.1. The van der Waals surface area contributed by atoms with Gasteiger partial charge < -0.3 is 10.0 Å². The van der Waals surface area contributed by atoms with Crippen LogP contribution in [0.15, 0.2) is 30.5 Å². The van der Waals surface area contributed by atoms with Crippen LogP contribution in [0.4, 0.5) is 0 Å². The van der Waals surface area contributed by atoms with E-state index in [1.54, 1.807) is 15.8 Å². The first-order valence-corrected chi connectivity index (χ1v) is 9.27. The lowest BCUT2D eigenvalue weighted by Gasteiger charge is -2.20. The van der Waals surface area contributed by atoms with Crippen LogP contribution < -0.4 is 0 Å². The van der Waals surface area contributed by atoms with Gasteiger partial charge in [-0.3, -0.25) is 9.59 Å². The van der Waals surface area contributed by atoms with E-state index in [0.29, 0.717) is 12.1 Å². The number of carbonyl (C=O) groups excluding carboxylic acids is 1. The van der Waals surface area contributed by atoms with Crippen molar-refractivity contribution in [2.24, 2.45) is 11.8 Å². The minimum absolute atomic E-state index is 0.0586. The third-order valence-electron chi connectivity index (χ3n) is 5.17. The molecule has 0 aliphatic carbocycles. The number of carbonyl (C=O) groups is 2. The summed E-state index contributed by atoms with van der Waals surface area (Å²) in [5.74, 6) is -1.56. The molecule has 0 saturated carbocycles. The molecule has 6 nitrogen and oxygen atoms in total. The topological polar surface area (TPSA) is 75.4 Å². The summed E-state index contributed by atoms with van der Waals surface area (Å²) in [6, 6.07) is 7.96. The molecule has 1 fully saturated rings. The smallest absolute Gasteiger partial charge is 0.308 e. The van der Waals surface area contributed by atoms with E-state index in [0.717, 1.165) is 16.9 Å². The molecular weight excluding hydrogens is 342 g/mol. The van der Waals surface area contributed by atoms with Gasteiger partial charge in [0.25, 0.3) is 5.91 Å². The van der Waals surface area contributed by atoms with Crippen LogP contribution in [0.2, 0.25) is 0 Å². The van der Waals surface area contributed by atoms with Crippen LogP contribution in [-0.2, 0) is 10.2 Å². The van der Waals surface area contributed by atoms with E-state index in [1.165, 1.54) is 0 Å². The summed E-state index contributed by atoms with van der Waals surface area (Å²) in [6.45, 7) is 10.7. The molecular formula is C21H27N3O3. The largest absolute Gasteiger partial charge is 0.481 e. The van der Waals surface area contributed by atoms with Crippen molar-refractivity contribution in [3.05, 3.63) is 47.3 Å². The van der Waals surface area contributed by atoms with E-state index in [9.17, 15) is 14.7 Å². The molecule has 1 N–H and O–H groups in total. The molecule has 1 aromatic heterocycles. The van der Waals surface area contributed by atoms with E-state index in [1.807, 2.05) is 58.9 Å². The maximum Gasteiger partial charge on any atom is 0.308 e. The molecule has 1 amide bonds. The van der Waals surface area contributed by atoms with Crippen molar-refractivity contribution in [3.8, 4) is 5.69 Å². The van der Waals surface area contributed by atoms with Crippen LogP contribution in [0.25, 0.3) is 5.69 Å². The summed E-state index contributed by atoms with van der Waals surface area (Å²) < 4.78 is 1.74. The number of rotatable bonds is 3. The van der Waals surface area contributed by atoms with E-state index >= 15 is 0 Å². The average molecular weight is 369 g/mol. The van der Waals surface area contributed by atoms with E-state index in [2.05, 4.69) is 0 Å². The van der Waals surface area contributed by atoms with Gasteiger partial charge in [-0.25, -0.2) is 4.68 Å². The highest BCUT2D eigenvalue weighted by atomic mass is 16.4. The molecule has 2 heterocycles. The Morgan fingerprint density at radius 3 is 2.30 bits per heavy atom. The Hall–Kier alpha value is -2.63. The van der Waals surface area contributed by atoms with Crippen LogP contribution in [0, 0.1) is 18.8 Å². The number of likely N-dealkylation sites (tertiary alicyclic amines) is 1. The fourth-order valence-corrected chi connectivity index (χ4v) is 3.54. The van der Waals surface area contributed by atoms with Crippen LogP contribution in [-0.4, -0.2) is 44.8 Å². The van der Waals surface area contributed by atoms with Crippen LogP contribution in [0.3, 0.4) is 0 Å². The summed E-state index contributed by atoms with van der Waals surface area (Å²) in [6.07, 6.45) is 1.77. The number of nitrogens with zero attached hydrogens (tertiary/aromatic N) is 3. The SMILES string of the molecule is Cc1ccc(-n2cc(C(=O)N3C[C@@H](C)[C@H](C(=O)O)C3)c(C(C)(C)C)n2)cc1. The highest BCUT2D eigenvalue weighted by molar-refractivity contribution is 5.96. The minimum atomic E-state index is -0.843. The third kappa shape index (κ3) is 3.75. The predicted molar refractivity (Wildman–Crippen MR) is 103 cm³/mol. The summed E-state index contributed by atoms with van der Waals surface area (Å²) in [5.41, 5.74) is 3.01. The van der Waals surface area contributed by atoms with Gasteiger partial charge in [-0.2, -0.15) is 5.10 Å². The molecule has 1 aromatic carbocycles. The Labute approximate surface area is 159 Å². The molecule has 1 aliphatic rings. The molecule has 1 aliphatic heterocycles. The lowest BCUT2D eigenvalue weighted by molar-refractivity contribution is -0.142. The fourth-order valence-electron chi connectivity index (χ4n) is 3.54. The first-order valence-electron chi connectivity index (χ1n) is 9.27. The quantitative estimate of drug-likeness (QED) is 0.901. The number of aromatic nitrogens is 2. The Bertz CT molecular complexity index is 862. The highest BCUT2D eigenvalue weighted by Crippen LogP contribution is 2.30. The Balaban J connectivity index is 1.98. The van der Waals surface area contributed by atoms with Gasteiger partial charge in [-0.1, -0.05) is 45.4 Å². The molecule has 144 valence electrons. The summed E-state index contributed by atoms with van der Waals surface area (Å²) in [4.78, 5) is 26.3. The number of benzene rings is 1. The molecule has 0 bridgehead atoms. The molecule has 0 unspecified atom stereocenters. The second-order valence-electron chi connectivity index (χ2n) is 8.55. The van der Waals surface area contributed by atoms with E-state index in [-0.39, 0.29) is 23.8 Å². The van der Waals surface area contributed by atoms with Crippen LogP contribution in [0.1, 0.15) is 49.3 Å². The second-order valence-corrected chi connectivity index (χ2v) is 8.55. The summed E-state index contributed by atoms with van der Waals surface area (Å²) in [5, 5.41) is 14.1. The predicted octanol–water partition coefficient (Wildman–Crippen LogP) is 3.27. The lowest BCUT2D eigenvalue weighted by atomic mass is 9.89. The lowest BCUT2D eigenvalue weighted by Crippen LogP contribution is -2.31. The van der Waals surface area contributed by atoms with Gasteiger partial charge in [0.15, 0.2) is 0 Å². The zero-order valence-electron chi connectivity index (χ0n) is 16.6. The molecule has 3 rings (SSSR count). The molecule has 6 heteroatoms. The van der Waals surface area contributed by atoms with Crippen molar-refractivity contribution in [2.45, 2.75) is 40.0 Å². The molecule has 2 aromatic rings. The van der Waals surface area contributed by atoms with E-state index in [4.69, 9.17) is 5.10 Å². The van der Waals surface area contributed by atoms with Gasteiger partial charge in [0.2, 0.25) is 0 Å². The van der Waals surface area contributed by atoms with Gasteiger partial charge >= 0.3 is 5.97 Å². The molecule has 0 radical (unpaired) electrons. The van der Waals surface area contributed by atoms with Gasteiger partial charge in [0.1, 0.15) is 0 Å². The van der Waals surface area contributed by atoms with Crippen molar-refractivity contribution >= 4 is 11.9 Å². The van der Waals surface area contributed by atoms with Crippen molar-refractivity contribution in [1.29, 1.82) is 0 Å². The summed E-state index contributed by atoms with van der Waals surface area (Å²) in [7, 11) is 0.